The van der Waals surface area contributed by atoms with E-state index < -0.39 is 34.0 Å². The van der Waals surface area contributed by atoms with Gasteiger partial charge in [0.1, 0.15) is 17.3 Å². The van der Waals surface area contributed by atoms with Crippen molar-refractivity contribution in [1.29, 1.82) is 0 Å². The normalized spacial score (nSPS) is 17.9. The standard InChI is InChI=1S/C23H25ClFN5O6S/c24-18-11-15(25)1-2-20(18)37(34,35)28-5-3-16(4-6-28)30-22-19(29(23(30)33)14-21(31)32)12-17(13-26-22)27-7-9-36-10-8-27/h1-2,11-13,16H,3-10,14H2,(H,31,32). The molecule has 1 aromatic carbocycles. The van der Waals surface area contributed by atoms with Gasteiger partial charge in [-0.05, 0) is 37.1 Å². The highest BCUT2D eigenvalue weighted by Gasteiger charge is 2.33. The van der Waals surface area contributed by atoms with Crippen LogP contribution < -0.4 is 10.6 Å². The zero-order chi connectivity index (χ0) is 26.3. The Morgan fingerprint density at radius 3 is 2.51 bits per heavy atom. The van der Waals surface area contributed by atoms with Crippen molar-refractivity contribution >= 4 is 44.4 Å². The van der Waals surface area contributed by atoms with Crippen LogP contribution >= 0.6 is 11.6 Å². The molecule has 37 heavy (non-hydrogen) atoms. The first kappa shape index (κ1) is 25.6. The number of imidazole rings is 1. The molecule has 0 saturated carbocycles. The van der Waals surface area contributed by atoms with Crippen molar-refractivity contribution in [3.63, 3.8) is 0 Å². The van der Waals surface area contributed by atoms with Gasteiger partial charge in [-0.3, -0.25) is 13.9 Å². The summed E-state index contributed by atoms with van der Waals surface area (Å²) in [6, 6.07) is 4.51. The van der Waals surface area contributed by atoms with Crippen LogP contribution in [0.25, 0.3) is 11.2 Å². The van der Waals surface area contributed by atoms with Gasteiger partial charge in [0.15, 0.2) is 5.65 Å². The summed E-state index contributed by atoms with van der Waals surface area (Å²) in [5.74, 6) is -1.79. The van der Waals surface area contributed by atoms with Crippen LogP contribution in [-0.4, -0.2) is 77.3 Å². The molecule has 0 unspecified atom stereocenters. The maximum absolute atomic E-state index is 13.4. The van der Waals surface area contributed by atoms with E-state index in [4.69, 9.17) is 16.3 Å². The van der Waals surface area contributed by atoms with E-state index >= 15 is 0 Å². The fourth-order valence-corrected chi connectivity index (χ4v) is 6.89. The quantitative estimate of drug-likeness (QED) is 0.491. The Balaban J connectivity index is 1.45. The van der Waals surface area contributed by atoms with Gasteiger partial charge in [0.05, 0.1) is 35.6 Å². The molecule has 0 amide bonds. The molecule has 0 radical (unpaired) electrons. The smallest absolute Gasteiger partial charge is 0.331 e. The zero-order valence-electron chi connectivity index (χ0n) is 19.7. The third kappa shape index (κ3) is 4.83. The highest BCUT2D eigenvalue weighted by molar-refractivity contribution is 7.89. The molecule has 5 rings (SSSR count). The molecule has 198 valence electrons. The van der Waals surface area contributed by atoms with Crippen LogP contribution in [0.3, 0.4) is 0 Å². The van der Waals surface area contributed by atoms with Crippen molar-refractivity contribution in [2.45, 2.75) is 30.3 Å². The minimum Gasteiger partial charge on any atom is -0.480 e. The maximum Gasteiger partial charge on any atom is 0.331 e. The molecule has 3 aromatic rings. The molecule has 1 N–H and O–H groups in total. The number of carboxylic acids is 1. The second kappa shape index (κ2) is 10.0. The summed E-state index contributed by atoms with van der Waals surface area (Å²) in [6.45, 7) is 2.11. The van der Waals surface area contributed by atoms with E-state index in [-0.39, 0.29) is 29.0 Å². The van der Waals surface area contributed by atoms with Gasteiger partial charge in [-0.25, -0.2) is 22.6 Å². The Labute approximate surface area is 216 Å². The Morgan fingerprint density at radius 1 is 1.16 bits per heavy atom. The molecule has 14 heteroatoms. The Kier molecular flexibility index (Phi) is 6.96. The van der Waals surface area contributed by atoms with Crippen molar-refractivity contribution < 1.29 is 27.4 Å². The number of pyridine rings is 1. The minimum atomic E-state index is -3.96. The lowest BCUT2D eigenvalue weighted by Crippen LogP contribution is -2.41. The van der Waals surface area contributed by atoms with Gasteiger partial charge in [0, 0.05) is 32.2 Å². The number of aliphatic carboxylic acids is 1. The molecular formula is C23H25ClFN5O6S. The highest BCUT2D eigenvalue weighted by atomic mass is 35.5. The number of fused-ring (bicyclic) bond motifs is 1. The number of ether oxygens (including phenoxy) is 1. The minimum absolute atomic E-state index is 0.102. The number of carbonyl (C=O) groups is 1. The molecule has 2 fully saturated rings. The third-order valence-corrected chi connectivity index (χ3v) is 9.14. The largest absolute Gasteiger partial charge is 0.480 e. The van der Waals surface area contributed by atoms with Crippen LogP contribution in [0.2, 0.25) is 5.02 Å². The number of benzene rings is 1. The van der Waals surface area contributed by atoms with E-state index in [1.807, 2.05) is 0 Å². The monoisotopic (exact) mass is 553 g/mol. The van der Waals surface area contributed by atoms with Gasteiger partial charge in [0.25, 0.3) is 0 Å². The molecule has 4 heterocycles. The first-order chi connectivity index (χ1) is 17.7. The topological polar surface area (TPSA) is 127 Å². The lowest BCUT2D eigenvalue weighted by atomic mass is 10.1. The zero-order valence-corrected chi connectivity index (χ0v) is 21.3. The van der Waals surface area contributed by atoms with Crippen LogP contribution in [0.15, 0.2) is 40.2 Å². The first-order valence-corrected chi connectivity index (χ1v) is 13.6. The van der Waals surface area contributed by atoms with Gasteiger partial charge < -0.3 is 14.7 Å². The summed E-state index contributed by atoms with van der Waals surface area (Å²) in [4.78, 5) is 31.4. The van der Waals surface area contributed by atoms with Gasteiger partial charge in [-0.15, -0.1) is 0 Å². The van der Waals surface area contributed by atoms with Crippen molar-refractivity contribution in [3.05, 3.63) is 51.8 Å². The molecule has 0 bridgehead atoms. The highest BCUT2D eigenvalue weighted by Crippen LogP contribution is 2.32. The van der Waals surface area contributed by atoms with Crippen LogP contribution in [0.5, 0.6) is 0 Å². The van der Waals surface area contributed by atoms with Gasteiger partial charge >= 0.3 is 11.7 Å². The molecule has 2 aromatic heterocycles. The number of sulfonamides is 1. The van der Waals surface area contributed by atoms with Crippen molar-refractivity contribution in [2.24, 2.45) is 0 Å². The third-order valence-electron chi connectivity index (χ3n) is 6.76. The van der Waals surface area contributed by atoms with Gasteiger partial charge in [-0.2, -0.15) is 4.31 Å². The van der Waals surface area contributed by atoms with Crippen LogP contribution in [0, 0.1) is 5.82 Å². The van der Waals surface area contributed by atoms with Gasteiger partial charge in [-0.1, -0.05) is 11.6 Å². The van der Waals surface area contributed by atoms with Crippen LogP contribution in [-0.2, 0) is 26.1 Å². The molecule has 0 atom stereocenters. The lowest BCUT2D eigenvalue weighted by molar-refractivity contribution is -0.137. The predicted octanol–water partition coefficient (Wildman–Crippen LogP) is 1.94. The number of aromatic nitrogens is 3. The second-order valence-electron chi connectivity index (χ2n) is 8.98. The molecule has 0 spiro atoms. The Bertz CT molecular complexity index is 1510. The fraction of sp³-hybridized carbons (Fsp3) is 0.435. The number of carboxylic acid groups (broad SMARTS) is 1. The van der Waals surface area contributed by atoms with E-state index in [2.05, 4.69) is 9.88 Å². The molecule has 0 aliphatic carbocycles. The summed E-state index contributed by atoms with van der Waals surface area (Å²) in [5.41, 5.74) is 1.02. The summed E-state index contributed by atoms with van der Waals surface area (Å²) < 4.78 is 48.9. The molecular weight excluding hydrogens is 529 g/mol. The lowest BCUT2D eigenvalue weighted by Gasteiger charge is -2.32. The number of anilines is 1. The van der Waals surface area contributed by atoms with Crippen molar-refractivity contribution in [2.75, 3.05) is 44.3 Å². The summed E-state index contributed by atoms with van der Waals surface area (Å²) in [5, 5.41) is 9.24. The Morgan fingerprint density at radius 2 is 1.86 bits per heavy atom. The van der Waals surface area contributed by atoms with Crippen LogP contribution in [0.1, 0.15) is 18.9 Å². The summed E-state index contributed by atoms with van der Waals surface area (Å²) in [6.07, 6.45) is 2.26. The van der Waals surface area contributed by atoms with E-state index in [1.165, 1.54) is 13.4 Å². The Hall–Kier alpha value is -3.00. The van der Waals surface area contributed by atoms with Crippen LogP contribution in [0.4, 0.5) is 10.1 Å². The average molecular weight is 554 g/mol. The molecule has 2 saturated heterocycles. The second-order valence-corrected chi connectivity index (χ2v) is 11.3. The number of morpholine rings is 1. The SMILES string of the molecule is O=C(O)Cn1c(=O)n(C2CCN(S(=O)(=O)c3ccc(F)cc3Cl)CC2)c2ncc(N3CCOCC3)cc21. The summed E-state index contributed by atoms with van der Waals surface area (Å²) >= 11 is 6.00. The fourth-order valence-electron chi connectivity index (χ4n) is 4.92. The number of nitrogens with zero attached hydrogens (tertiary/aromatic N) is 5. The van der Waals surface area contributed by atoms with E-state index in [1.54, 1.807) is 12.3 Å². The average Bonchev–Trinajstić information content (AvgIpc) is 3.14. The number of piperidine rings is 1. The molecule has 2 aliphatic heterocycles. The maximum atomic E-state index is 13.4. The van der Waals surface area contributed by atoms with Crippen molar-refractivity contribution in [3.8, 4) is 0 Å². The summed E-state index contributed by atoms with van der Waals surface area (Å²) in [7, 11) is -3.96. The molecule has 2 aliphatic rings. The van der Waals surface area contributed by atoms with Gasteiger partial charge in [0.2, 0.25) is 10.0 Å². The van der Waals surface area contributed by atoms with E-state index in [0.717, 1.165) is 23.9 Å². The number of hydrogen-bond donors (Lipinski definition) is 1. The number of hydrogen-bond acceptors (Lipinski definition) is 7. The van der Waals surface area contributed by atoms with E-state index in [9.17, 15) is 27.5 Å². The first-order valence-electron chi connectivity index (χ1n) is 11.8. The molecule has 11 nitrogen and oxygen atoms in total. The predicted molar refractivity (Wildman–Crippen MR) is 133 cm³/mol. The number of rotatable bonds is 6. The number of halogens is 2. The van der Waals surface area contributed by atoms with Crippen molar-refractivity contribution in [1.82, 2.24) is 18.4 Å². The van der Waals surface area contributed by atoms with E-state index in [0.29, 0.717) is 50.3 Å².